The maximum atomic E-state index is 13.5. The summed E-state index contributed by atoms with van der Waals surface area (Å²) in [5.41, 5.74) is 7.12. The van der Waals surface area contributed by atoms with Crippen LogP contribution in [0.3, 0.4) is 0 Å². The molecule has 2 aliphatic carbocycles. The number of carbonyl (C=O) groups is 1. The molecule has 26 heavy (non-hydrogen) atoms. The fraction of sp³-hybridized carbons (Fsp3) is 0.600. The van der Waals surface area contributed by atoms with E-state index < -0.39 is 5.54 Å². The largest absolute Gasteiger partial charge is 0.494 e. The van der Waals surface area contributed by atoms with Crippen LogP contribution in [-0.2, 0) is 21.5 Å². The van der Waals surface area contributed by atoms with Gasteiger partial charge >= 0.3 is 0 Å². The molecule has 1 atom stereocenters. The van der Waals surface area contributed by atoms with Crippen molar-refractivity contribution in [2.75, 3.05) is 20.8 Å². The second-order valence-electron chi connectivity index (χ2n) is 7.69. The first-order valence-electron chi connectivity index (χ1n) is 9.40. The summed E-state index contributed by atoms with van der Waals surface area (Å²) in [6.45, 7) is 2.55. The van der Waals surface area contributed by atoms with Crippen LogP contribution in [0.5, 0.6) is 5.75 Å². The van der Waals surface area contributed by atoms with E-state index >= 15 is 0 Å². The number of amides is 1. The minimum atomic E-state index is -0.924. The summed E-state index contributed by atoms with van der Waals surface area (Å²) < 4.78 is 11.3. The van der Waals surface area contributed by atoms with Gasteiger partial charge in [0.1, 0.15) is 5.75 Å². The summed E-state index contributed by atoms with van der Waals surface area (Å²) in [4.78, 5) is 19.8. The van der Waals surface area contributed by atoms with E-state index in [1.165, 1.54) is 10.5 Å². The number of guanidine groups is 1. The van der Waals surface area contributed by atoms with Gasteiger partial charge in [-0.3, -0.25) is 9.69 Å². The third-order valence-electron chi connectivity index (χ3n) is 6.54. The zero-order valence-corrected chi connectivity index (χ0v) is 15.7. The Morgan fingerprint density at radius 1 is 1.35 bits per heavy atom. The van der Waals surface area contributed by atoms with Crippen molar-refractivity contribution in [1.29, 1.82) is 0 Å². The van der Waals surface area contributed by atoms with Gasteiger partial charge in [0.25, 0.3) is 5.91 Å². The summed E-state index contributed by atoms with van der Waals surface area (Å²) in [6, 6.07) is 6.09. The van der Waals surface area contributed by atoms with E-state index in [1.807, 2.05) is 19.1 Å². The number of aliphatic imine (C=N–C) groups is 1. The highest BCUT2D eigenvalue weighted by atomic mass is 16.5. The number of hydrogen-bond donors (Lipinski definition) is 1. The van der Waals surface area contributed by atoms with Gasteiger partial charge in [-0.15, -0.1) is 0 Å². The lowest BCUT2D eigenvalue weighted by atomic mass is 9.61. The molecule has 0 saturated heterocycles. The number of nitrogens with two attached hydrogens (primary N) is 1. The minimum Gasteiger partial charge on any atom is -0.494 e. The predicted molar refractivity (Wildman–Crippen MR) is 99.1 cm³/mol. The molecule has 3 aliphatic rings. The number of hydrogen-bond acceptors (Lipinski definition) is 5. The Kier molecular flexibility index (Phi) is 3.99. The normalized spacial score (nSPS) is 33.0. The molecule has 1 saturated carbocycles. The van der Waals surface area contributed by atoms with Crippen LogP contribution in [0.2, 0.25) is 0 Å². The third kappa shape index (κ3) is 2.14. The fourth-order valence-electron chi connectivity index (χ4n) is 5.16. The van der Waals surface area contributed by atoms with Crippen molar-refractivity contribution in [2.45, 2.75) is 50.7 Å². The Morgan fingerprint density at radius 3 is 2.65 bits per heavy atom. The molecule has 6 nitrogen and oxygen atoms in total. The third-order valence-corrected chi connectivity index (χ3v) is 6.54. The first kappa shape index (κ1) is 17.3. The Labute approximate surface area is 154 Å². The molecular weight excluding hydrogens is 330 g/mol. The maximum absolute atomic E-state index is 13.5. The van der Waals surface area contributed by atoms with Crippen LogP contribution in [0.15, 0.2) is 23.2 Å². The van der Waals surface area contributed by atoms with Crippen molar-refractivity contribution >= 4 is 11.9 Å². The van der Waals surface area contributed by atoms with Crippen molar-refractivity contribution in [1.82, 2.24) is 4.90 Å². The monoisotopic (exact) mass is 357 g/mol. The summed E-state index contributed by atoms with van der Waals surface area (Å²) in [6.07, 6.45) is 4.80. The molecule has 6 heteroatoms. The quantitative estimate of drug-likeness (QED) is 0.900. The molecule has 1 aromatic carbocycles. The lowest BCUT2D eigenvalue weighted by molar-refractivity contribution is -0.137. The molecule has 1 aliphatic heterocycles. The van der Waals surface area contributed by atoms with Crippen LogP contribution in [0.25, 0.3) is 0 Å². The van der Waals surface area contributed by atoms with Gasteiger partial charge in [0, 0.05) is 19.6 Å². The van der Waals surface area contributed by atoms with Crippen LogP contribution in [0.1, 0.15) is 43.7 Å². The van der Waals surface area contributed by atoms with Crippen LogP contribution >= 0.6 is 0 Å². The average Bonchev–Trinajstić information content (AvgIpc) is 3.04. The molecule has 1 fully saturated rings. The minimum absolute atomic E-state index is 0.0155. The second-order valence-corrected chi connectivity index (χ2v) is 7.69. The van der Waals surface area contributed by atoms with Gasteiger partial charge in [-0.2, -0.15) is 0 Å². The van der Waals surface area contributed by atoms with Gasteiger partial charge in [-0.1, -0.05) is 6.07 Å². The Balaban J connectivity index is 1.86. The highest BCUT2D eigenvalue weighted by molar-refractivity contribution is 6.08. The van der Waals surface area contributed by atoms with E-state index in [2.05, 4.69) is 6.07 Å². The first-order chi connectivity index (χ1) is 12.5. The Morgan fingerprint density at radius 2 is 2.08 bits per heavy atom. The average molecular weight is 357 g/mol. The molecule has 2 N–H and O–H groups in total. The highest BCUT2D eigenvalue weighted by Gasteiger charge is 2.66. The van der Waals surface area contributed by atoms with Gasteiger partial charge < -0.3 is 15.2 Å². The summed E-state index contributed by atoms with van der Waals surface area (Å²) in [5.74, 6) is 1.07. The molecule has 0 radical (unpaired) electrons. The topological polar surface area (TPSA) is 77.2 Å². The first-order valence-corrected chi connectivity index (χ1v) is 9.40. The van der Waals surface area contributed by atoms with Gasteiger partial charge in [-0.05, 0) is 62.3 Å². The van der Waals surface area contributed by atoms with Gasteiger partial charge in [0.2, 0.25) is 0 Å². The van der Waals surface area contributed by atoms with Crippen LogP contribution in [0, 0.1) is 5.41 Å². The predicted octanol–water partition coefficient (Wildman–Crippen LogP) is 2.20. The van der Waals surface area contributed by atoms with Crippen molar-refractivity contribution < 1.29 is 14.3 Å². The maximum Gasteiger partial charge on any atom is 0.262 e. The van der Waals surface area contributed by atoms with Gasteiger partial charge in [-0.25, -0.2) is 4.99 Å². The smallest absolute Gasteiger partial charge is 0.262 e. The number of methoxy groups -OCH3 is 1. The van der Waals surface area contributed by atoms with Crippen LogP contribution in [-0.4, -0.2) is 43.6 Å². The molecule has 0 bridgehead atoms. The number of benzene rings is 1. The number of likely N-dealkylation sites (N-methyl/N-ethyl adjacent to an activating group) is 1. The summed E-state index contributed by atoms with van der Waals surface area (Å²) >= 11 is 0. The molecule has 1 unspecified atom stereocenters. The zero-order chi connectivity index (χ0) is 18.5. The lowest BCUT2D eigenvalue weighted by Gasteiger charge is -2.45. The van der Waals surface area contributed by atoms with E-state index in [0.717, 1.165) is 43.4 Å². The van der Waals surface area contributed by atoms with Crippen molar-refractivity contribution in [3.05, 3.63) is 29.3 Å². The second kappa shape index (κ2) is 5.98. The Bertz CT molecular complexity index is 768. The van der Waals surface area contributed by atoms with Gasteiger partial charge in [0.15, 0.2) is 11.5 Å². The fourth-order valence-corrected chi connectivity index (χ4v) is 5.16. The summed E-state index contributed by atoms with van der Waals surface area (Å²) in [5, 5.41) is 0. The molecule has 140 valence electrons. The van der Waals surface area contributed by atoms with E-state index in [1.54, 1.807) is 14.2 Å². The van der Waals surface area contributed by atoms with E-state index in [4.69, 9.17) is 20.2 Å². The van der Waals surface area contributed by atoms with Crippen molar-refractivity contribution in [2.24, 2.45) is 16.1 Å². The van der Waals surface area contributed by atoms with E-state index in [0.29, 0.717) is 12.6 Å². The standard InChI is InChI=1S/C20H27N3O3/c1-4-26-15-6-5-13-12-19(9-7-14(25-3)8-10-19)20(16(13)11-15)17(24)23(2)18(21)22-20/h5-6,11,14H,4,7-10,12H2,1-3H3,(H2,21,22). The SMILES string of the molecule is CCOc1ccc2c(c1)C1(N=C(N)N(C)C1=O)C1(CCC(OC)CC1)C2. The van der Waals surface area contributed by atoms with Gasteiger partial charge in [0.05, 0.1) is 12.7 Å². The van der Waals surface area contributed by atoms with Crippen LogP contribution < -0.4 is 10.5 Å². The molecular formula is C20H27N3O3. The number of ether oxygens (including phenoxy) is 2. The lowest BCUT2D eigenvalue weighted by Crippen LogP contribution is -2.51. The molecule has 4 rings (SSSR count). The molecule has 1 aromatic rings. The Hall–Kier alpha value is -2.08. The molecule has 1 amide bonds. The highest BCUT2D eigenvalue weighted by Crippen LogP contribution is 2.62. The number of fused-ring (bicyclic) bond motifs is 3. The van der Waals surface area contributed by atoms with Crippen molar-refractivity contribution in [3.8, 4) is 5.75 Å². The summed E-state index contributed by atoms with van der Waals surface area (Å²) in [7, 11) is 3.48. The molecule has 2 spiro atoms. The zero-order valence-electron chi connectivity index (χ0n) is 15.7. The van der Waals surface area contributed by atoms with Crippen LogP contribution in [0.4, 0.5) is 0 Å². The van der Waals surface area contributed by atoms with Crippen molar-refractivity contribution in [3.63, 3.8) is 0 Å². The van der Waals surface area contributed by atoms with E-state index in [9.17, 15) is 4.79 Å². The molecule has 0 aromatic heterocycles. The van der Waals surface area contributed by atoms with E-state index in [-0.39, 0.29) is 17.4 Å². The number of carbonyl (C=O) groups excluding carboxylic acids is 1. The number of rotatable bonds is 3. The number of nitrogens with zero attached hydrogens (tertiary/aromatic N) is 2. The molecule has 1 heterocycles.